The van der Waals surface area contributed by atoms with E-state index in [4.69, 9.17) is 9.84 Å². The first-order chi connectivity index (χ1) is 8.61. The number of hydrogen-bond acceptors (Lipinski definition) is 4. The van der Waals surface area contributed by atoms with Gasteiger partial charge < -0.3 is 14.4 Å². The van der Waals surface area contributed by atoms with Crippen molar-refractivity contribution in [2.75, 3.05) is 7.11 Å². The summed E-state index contributed by atoms with van der Waals surface area (Å²) in [5, 5.41) is 8.68. The second-order valence-electron chi connectivity index (χ2n) is 3.75. The average molecular weight is 248 g/mol. The summed E-state index contributed by atoms with van der Waals surface area (Å²) >= 11 is 0. The topological polar surface area (TPSA) is 81.4 Å². The van der Waals surface area contributed by atoms with E-state index in [1.54, 1.807) is 18.3 Å². The Balaban J connectivity index is 2.56. The Morgan fingerprint density at radius 3 is 2.94 bits per heavy atom. The molecule has 1 N–H and O–H groups in total. The lowest BCUT2D eigenvalue weighted by Crippen LogP contribution is -2.21. The molecule has 2 heterocycles. The zero-order chi connectivity index (χ0) is 13.1. The number of fused-ring (bicyclic) bond motifs is 1. The van der Waals surface area contributed by atoms with E-state index < -0.39 is 5.97 Å². The summed E-state index contributed by atoms with van der Waals surface area (Å²) in [4.78, 5) is 26.5. The maximum absolute atomic E-state index is 11.7. The van der Waals surface area contributed by atoms with Gasteiger partial charge in [-0.15, -0.1) is 0 Å². The summed E-state index contributed by atoms with van der Waals surface area (Å²) in [5.41, 5.74) is 0.947. The van der Waals surface area contributed by atoms with Crippen LogP contribution < -0.4 is 10.3 Å². The van der Waals surface area contributed by atoms with Crippen LogP contribution in [0.25, 0.3) is 11.0 Å². The molecule has 0 radical (unpaired) electrons. The predicted octanol–water partition coefficient (Wildman–Crippen LogP) is 0.880. The van der Waals surface area contributed by atoms with Gasteiger partial charge in [0.15, 0.2) is 0 Å². The number of carboxylic acids is 1. The van der Waals surface area contributed by atoms with E-state index in [1.807, 2.05) is 0 Å². The Kier molecular flexibility index (Phi) is 3.27. The molecule has 0 bridgehead atoms. The Morgan fingerprint density at radius 2 is 2.28 bits per heavy atom. The molecule has 0 unspecified atom stereocenters. The summed E-state index contributed by atoms with van der Waals surface area (Å²) in [7, 11) is 1.51. The first-order valence-corrected chi connectivity index (χ1v) is 5.37. The first-order valence-electron chi connectivity index (χ1n) is 5.37. The van der Waals surface area contributed by atoms with Gasteiger partial charge in [-0.3, -0.25) is 14.6 Å². The quantitative estimate of drug-likeness (QED) is 0.868. The Morgan fingerprint density at radius 1 is 1.50 bits per heavy atom. The number of methoxy groups -OCH3 is 1. The zero-order valence-electron chi connectivity index (χ0n) is 9.79. The molecule has 0 aliphatic rings. The molecule has 18 heavy (non-hydrogen) atoms. The van der Waals surface area contributed by atoms with E-state index in [1.165, 1.54) is 17.7 Å². The van der Waals surface area contributed by atoms with Crippen LogP contribution in [-0.4, -0.2) is 27.7 Å². The van der Waals surface area contributed by atoms with Crippen LogP contribution in [0.3, 0.4) is 0 Å². The molecule has 0 aromatic carbocycles. The monoisotopic (exact) mass is 248 g/mol. The number of carboxylic acid groups (broad SMARTS) is 1. The van der Waals surface area contributed by atoms with Gasteiger partial charge in [-0.25, -0.2) is 0 Å². The third-order valence-corrected chi connectivity index (χ3v) is 2.60. The van der Waals surface area contributed by atoms with Crippen LogP contribution in [0.4, 0.5) is 0 Å². The van der Waals surface area contributed by atoms with Gasteiger partial charge in [-0.1, -0.05) is 0 Å². The number of hydrogen-bond donors (Lipinski definition) is 1. The number of pyridine rings is 2. The summed E-state index contributed by atoms with van der Waals surface area (Å²) in [6.07, 6.45) is 1.44. The van der Waals surface area contributed by atoms with Crippen LogP contribution in [0.15, 0.2) is 29.2 Å². The summed E-state index contributed by atoms with van der Waals surface area (Å²) < 4.78 is 6.44. The number of nitrogens with zero attached hydrogens (tertiary/aromatic N) is 2. The van der Waals surface area contributed by atoms with Gasteiger partial charge in [0.05, 0.1) is 30.8 Å². The van der Waals surface area contributed by atoms with Crippen molar-refractivity contribution in [3.05, 3.63) is 34.7 Å². The van der Waals surface area contributed by atoms with E-state index in [9.17, 15) is 9.59 Å². The molecule has 2 rings (SSSR count). The van der Waals surface area contributed by atoms with Crippen LogP contribution in [0.1, 0.15) is 6.42 Å². The molecule has 2 aromatic rings. The van der Waals surface area contributed by atoms with Crippen molar-refractivity contribution in [2.24, 2.45) is 0 Å². The molecular weight excluding hydrogens is 236 g/mol. The van der Waals surface area contributed by atoms with Crippen molar-refractivity contribution < 1.29 is 14.6 Å². The van der Waals surface area contributed by atoms with E-state index in [2.05, 4.69) is 4.98 Å². The van der Waals surface area contributed by atoms with Gasteiger partial charge in [0.1, 0.15) is 5.75 Å². The van der Waals surface area contributed by atoms with Crippen molar-refractivity contribution in [1.29, 1.82) is 0 Å². The van der Waals surface area contributed by atoms with Gasteiger partial charge in [0.2, 0.25) is 0 Å². The van der Waals surface area contributed by atoms with Gasteiger partial charge in [-0.2, -0.15) is 0 Å². The Labute approximate surface area is 102 Å². The highest BCUT2D eigenvalue weighted by atomic mass is 16.5. The van der Waals surface area contributed by atoms with Crippen LogP contribution in [-0.2, 0) is 11.3 Å². The largest absolute Gasteiger partial charge is 0.495 e. The normalized spacial score (nSPS) is 10.5. The second-order valence-corrected chi connectivity index (χ2v) is 3.75. The first kappa shape index (κ1) is 12.1. The Bertz CT molecular complexity index is 648. The minimum atomic E-state index is -0.949. The van der Waals surface area contributed by atoms with E-state index in [0.29, 0.717) is 16.8 Å². The number of aromatic nitrogens is 2. The highest BCUT2D eigenvalue weighted by Gasteiger charge is 2.07. The maximum atomic E-state index is 11.7. The number of rotatable bonds is 4. The molecule has 6 heteroatoms. The molecule has 94 valence electrons. The molecule has 0 saturated heterocycles. The molecule has 0 aliphatic heterocycles. The highest BCUT2D eigenvalue weighted by Crippen LogP contribution is 2.16. The Hall–Kier alpha value is -2.37. The van der Waals surface area contributed by atoms with Gasteiger partial charge >= 0.3 is 5.97 Å². The molecule has 2 aromatic heterocycles. The molecular formula is C12H12N2O4. The maximum Gasteiger partial charge on any atom is 0.305 e. The van der Waals surface area contributed by atoms with Crippen molar-refractivity contribution in [1.82, 2.24) is 9.55 Å². The molecule has 6 nitrogen and oxygen atoms in total. The van der Waals surface area contributed by atoms with E-state index in [0.717, 1.165) is 0 Å². The third kappa shape index (κ3) is 2.32. The minimum absolute atomic E-state index is 0.111. The number of carbonyl (C=O) groups is 1. The van der Waals surface area contributed by atoms with E-state index >= 15 is 0 Å². The molecule has 0 saturated carbocycles. The van der Waals surface area contributed by atoms with E-state index in [-0.39, 0.29) is 18.5 Å². The van der Waals surface area contributed by atoms with Gasteiger partial charge in [-0.05, 0) is 6.07 Å². The fourth-order valence-corrected chi connectivity index (χ4v) is 1.70. The lowest BCUT2D eigenvalue weighted by molar-refractivity contribution is -0.137. The fourth-order valence-electron chi connectivity index (χ4n) is 1.70. The number of aliphatic carboxylic acids is 1. The molecule has 0 aliphatic carbocycles. The van der Waals surface area contributed by atoms with Gasteiger partial charge in [0.25, 0.3) is 5.56 Å². The zero-order valence-corrected chi connectivity index (χ0v) is 9.79. The van der Waals surface area contributed by atoms with Gasteiger partial charge in [0, 0.05) is 18.7 Å². The SMILES string of the molecule is COc1cnc2ccc(=O)n(CCC(=O)O)c2c1. The van der Waals surface area contributed by atoms with Crippen molar-refractivity contribution in [2.45, 2.75) is 13.0 Å². The van der Waals surface area contributed by atoms with Crippen molar-refractivity contribution >= 4 is 17.0 Å². The fraction of sp³-hybridized carbons (Fsp3) is 0.250. The van der Waals surface area contributed by atoms with Crippen molar-refractivity contribution in [3.8, 4) is 5.75 Å². The van der Waals surface area contributed by atoms with Crippen LogP contribution in [0.5, 0.6) is 5.75 Å². The highest BCUT2D eigenvalue weighted by molar-refractivity contribution is 5.76. The lowest BCUT2D eigenvalue weighted by Gasteiger charge is -2.09. The third-order valence-electron chi connectivity index (χ3n) is 2.60. The number of aryl methyl sites for hydroxylation is 1. The summed E-state index contributed by atoms with van der Waals surface area (Å²) in [5.74, 6) is -0.424. The average Bonchev–Trinajstić information content (AvgIpc) is 2.36. The smallest absolute Gasteiger partial charge is 0.305 e. The summed E-state index contributed by atoms with van der Waals surface area (Å²) in [6.45, 7) is 0.111. The second kappa shape index (κ2) is 4.87. The van der Waals surface area contributed by atoms with Crippen molar-refractivity contribution in [3.63, 3.8) is 0 Å². The number of ether oxygens (including phenoxy) is 1. The molecule has 0 spiro atoms. The standard InChI is InChI=1S/C12H12N2O4/c1-18-8-6-10-9(13-7-8)2-3-11(15)14(10)5-4-12(16)17/h2-3,6-7H,4-5H2,1H3,(H,16,17). The minimum Gasteiger partial charge on any atom is -0.495 e. The molecule has 0 amide bonds. The molecule has 0 atom stereocenters. The predicted molar refractivity (Wildman–Crippen MR) is 64.8 cm³/mol. The lowest BCUT2D eigenvalue weighted by atomic mass is 10.3. The van der Waals surface area contributed by atoms with Crippen LogP contribution >= 0.6 is 0 Å². The molecule has 0 fully saturated rings. The van der Waals surface area contributed by atoms with Crippen LogP contribution in [0, 0.1) is 0 Å². The van der Waals surface area contributed by atoms with Crippen LogP contribution in [0.2, 0.25) is 0 Å². The summed E-state index contributed by atoms with van der Waals surface area (Å²) in [6, 6.07) is 4.66.